The van der Waals surface area contributed by atoms with Crippen molar-refractivity contribution < 1.29 is 33.3 Å². The lowest BCUT2D eigenvalue weighted by Crippen LogP contribution is -2.40. The van der Waals surface area contributed by atoms with Crippen molar-refractivity contribution in [1.82, 2.24) is 19.5 Å². The summed E-state index contributed by atoms with van der Waals surface area (Å²) in [5.74, 6) is -1.71. The van der Waals surface area contributed by atoms with Crippen molar-refractivity contribution in [2.75, 3.05) is 6.61 Å². The highest BCUT2D eigenvalue weighted by Gasteiger charge is 2.51. The number of thiophene rings is 1. The van der Waals surface area contributed by atoms with Crippen molar-refractivity contribution in [3.8, 4) is 11.3 Å². The van der Waals surface area contributed by atoms with Crippen LogP contribution in [0.5, 0.6) is 0 Å². The fourth-order valence-corrected chi connectivity index (χ4v) is 4.21. The van der Waals surface area contributed by atoms with E-state index in [1.165, 1.54) is 44.8 Å². The number of carbonyl (C=O) groups excluding carboxylic acids is 3. The summed E-state index contributed by atoms with van der Waals surface area (Å²) >= 11 is 1.53. The van der Waals surface area contributed by atoms with Crippen LogP contribution < -0.4 is 0 Å². The fourth-order valence-electron chi connectivity index (χ4n) is 3.57. The molecule has 0 bridgehead atoms. The first-order chi connectivity index (χ1) is 15.3. The molecule has 0 amide bonds. The van der Waals surface area contributed by atoms with E-state index in [1.807, 2.05) is 16.8 Å². The smallest absolute Gasteiger partial charge is 0.303 e. The van der Waals surface area contributed by atoms with E-state index in [9.17, 15) is 14.4 Å². The summed E-state index contributed by atoms with van der Waals surface area (Å²) in [7, 11) is 0. The molecule has 0 aliphatic carbocycles. The van der Waals surface area contributed by atoms with Gasteiger partial charge in [0.1, 0.15) is 30.2 Å². The maximum Gasteiger partial charge on any atom is 0.303 e. The Morgan fingerprint density at radius 1 is 1.06 bits per heavy atom. The fraction of sp³-hybridized carbons (Fsp3) is 0.400. The van der Waals surface area contributed by atoms with Gasteiger partial charge in [-0.25, -0.2) is 15.0 Å². The Kier molecular flexibility index (Phi) is 6.15. The van der Waals surface area contributed by atoms with E-state index in [2.05, 4.69) is 15.0 Å². The highest BCUT2D eigenvalue weighted by molar-refractivity contribution is 7.08. The summed E-state index contributed by atoms with van der Waals surface area (Å²) in [6.45, 7) is 3.53. The average Bonchev–Trinajstić information content (AvgIpc) is 3.46. The molecule has 11 nitrogen and oxygen atoms in total. The lowest BCUT2D eigenvalue weighted by Gasteiger charge is -2.23. The molecule has 1 aliphatic heterocycles. The molecule has 1 saturated heterocycles. The van der Waals surface area contributed by atoms with E-state index in [4.69, 9.17) is 18.9 Å². The number of rotatable bonds is 6. The third kappa shape index (κ3) is 4.32. The minimum Gasteiger partial charge on any atom is -0.463 e. The molecule has 4 atom stereocenters. The summed E-state index contributed by atoms with van der Waals surface area (Å²) < 4.78 is 23.6. The molecule has 0 N–H and O–H groups in total. The van der Waals surface area contributed by atoms with E-state index < -0.39 is 42.4 Å². The molecule has 4 rings (SSSR count). The molecule has 0 aromatic carbocycles. The standard InChI is InChI=1S/C20H20N4O7S/c1-10(25)28-6-14-17(29-11(2)26)18(30-12(3)27)20(31-14)24-9-23-16-15(13-4-5-32-7-13)21-8-22-19(16)24/h4-5,7-9,14,17-18,20H,6H2,1-3H3/t14-,17-,18-,20?/m1/s1. The molecular formula is C20H20N4O7S. The number of fused-ring (bicyclic) bond motifs is 1. The van der Waals surface area contributed by atoms with Gasteiger partial charge in [0.15, 0.2) is 24.1 Å². The van der Waals surface area contributed by atoms with Gasteiger partial charge in [0.05, 0.1) is 6.33 Å². The Labute approximate surface area is 186 Å². The molecule has 0 spiro atoms. The van der Waals surface area contributed by atoms with Crippen molar-refractivity contribution >= 4 is 40.4 Å². The van der Waals surface area contributed by atoms with E-state index in [0.717, 1.165) is 5.56 Å². The van der Waals surface area contributed by atoms with E-state index in [1.54, 1.807) is 4.57 Å². The van der Waals surface area contributed by atoms with Crippen LogP contribution in [0.15, 0.2) is 29.5 Å². The molecule has 1 aliphatic rings. The number of hydrogen-bond donors (Lipinski definition) is 0. The second kappa shape index (κ2) is 9.01. The summed E-state index contributed by atoms with van der Waals surface area (Å²) in [5.41, 5.74) is 2.51. The molecule has 1 unspecified atom stereocenters. The lowest BCUT2D eigenvalue weighted by molar-refractivity contribution is -0.166. The van der Waals surface area contributed by atoms with Crippen LogP contribution in [0.1, 0.15) is 27.0 Å². The van der Waals surface area contributed by atoms with Gasteiger partial charge < -0.3 is 18.9 Å². The van der Waals surface area contributed by atoms with Crippen LogP contribution in [0, 0.1) is 0 Å². The van der Waals surface area contributed by atoms with Gasteiger partial charge in [-0.1, -0.05) is 0 Å². The predicted molar refractivity (Wildman–Crippen MR) is 110 cm³/mol. The Hall–Kier alpha value is -3.38. The monoisotopic (exact) mass is 460 g/mol. The third-order valence-electron chi connectivity index (χ3n) is 4.77. The second-order valence-electron chi connectivity index (χ2n) is 7.07. The molecule has 32 heavy (non-hydrogen) atoms. The zero-order valence-corrected chi connectivity index (χ0v) is 18.3. The number of esters is 3. The van der Waals surface area contributed by atoms with Gasteiger partial charge in [0.25, 0.3) is 0 Å². The second-order valence-corrected chi connectivity index (χ2v) is 7.85. The first kappa shape index (κ1) is 21.8. The van der Waals surface area contributed by atoms with Gasteiger partial charge in [-0.15, -0.1) is 0 Å². The third-order valence-corrected chi connectivity index (χ3v) is 5.45. The number of aromatic nitrogens is 4. The van der Waals surface area contributed by atoms with Crippen LogP contribution in [-0.4, -0.2) is 62.3 Å². The summed E-state index contributed by atoms with van der Waals surface area (Å²) in [6.07, 6.45) is -0.921. The molecule has 1 fully saturated rings. The summed E-state index contributed by atoms with van der Waals surface area (Å²) in [5, 5.41) is 3.88. The molecular weight excluding hydrogens is 440 g/mol. The minimum atomic E-state index is -1.02. The normalized spacial score (nSPS) is 22.6. The minimum absolute atomic E-state index is 0.191. The first-order valence-electron chi connectivity index (χ1n) is 9.68. The number of nitrogens with zero attached hydrogens (tertiary/aromatic N) is 4. The molecule has 0 saturated carbocycles. The molecule has 0 radical (unpaired) electrons. The number of carbonyl (C=O) groups is 3. The Balaban J connectivity index is 1.75. The molecule has 12 heteroatoms. The largest absolute Gasteiger partial charge is 0.463 e. The predicted octanol–water partition coefficient (Wildman–Crippen LogP) is 1.88. The van der Waals surface area contributed by atoms with Crippen LogP contribution in [0.4, 0.5) is 0 Å². The Bertz CT molecular complexity index is 1150. The summed E-state index contributed by atoms with van der Waals surface area (Å²) in [4.78, 5) is 48.0. The highest BCUT2D eigenvalue weighted by Crippen LogP contribution is 2.37. The van der Waals surface area contributed by atoms with Crippen molar-refractivity contribution in [2.45, 2.75) is 45.3 Å². The van der Waals surface area contributed by atoms with Gasteiger partial charge in [-0.3, -0.25) is 19.0 Å². The molecule has 3 aromatic heterocycles. The number of imidazole rings is 1. The SMILES string of the molecule is CC(=O)OC[C@H]1OC(n2cnc3c(-c4ccsc4)ncnc32)[C@H](OC(C)=O)[C@@H]1OC(C)=O. The quantitative estimate of drug-likeness (QED) is 0.397. The van der Waals surface area contributed by atoms with Crippen LogP contribution >= 0.6 is 11.3 Å². The van der Waals surface area contributed by atoms with Gasteiger partial charge in [0.2, 0.25) is 0 Å². The summed E-state index contributed by atoms with van der Waals surface area (Å²) in [6, 6.07) is 1.92. The molecule has 3 aromatic rings. The molecule has 4 heterocycles. The zero-order chi connectivity index (χ0) is 22.8. The van der Waals surface area contributed by atoms with Crippen LogP contribution in [0.3, 0.4) is 0 Å². The van der Waals surface area contributed by atoms with E-state index >= 15 is 0 Å². The van der Waals surface area contributed by atoms with Crippen molar-refractivity contribution in [2.24, 2.45) is 0 Å². The first-order valence-corrected chi connectivity index (χ1v) is 10.6. The Morgan fingerprint density at radius 2 is 1.81 bits per heavy atom. The van der Waals surface area contributed by atoms with Crippen molar-refractivity contribution in [3.63, 3.8) is 0 Å². The average molecular weight is 460 g/mol. The van der Waals surface area contributed by atoms with Crippen molar-refractivity contribution in [1.29, 1.82) is 0 Å². The highest BCUT2D eigenvalue weighted by atomic mass is 32.1. The number of hydrogen-bond acceptors (Lipinski definition) is 11. The maximum absolute atomic E-state index is 11.8. The van der Waals surface area contributed by atoms with Gasteiger partial charge in [0, 0.05) is 31.7 Å². The van der Waals surface area contributed by atoms with Crippen LogP contribution in [0.2, 0.25) is 0 Å². The zero-order valence-electron chi connectivity index (χ0n) is 17.5. The lowest BCUT2D eigenvalue weighted by atomic mass is 10.1. The Morgan fingerprint density at radius 3 is 2.47 bits per heavy atom. The van der Waals surface area contributed by atoms with E-state index in [-0.39, 0.29) is 6.61 Å². The van der Waals surface area contributed by atoms with Crippen LogP contribution in [-0.2, 0) is 33.3 Å². The topological polar surface area (TPSA) is 132 Å². The molecule has 168 valence electrons. The van der Waals surface area contributed by atoms with Gasteiger partial charge >= 0.3 is 17.9 Å². The van der Waals surface area contributed by atoms with E-state index in [0.29, 0.717) is 16.9 Å². The van der Waals surface area contributed by atoms with Crippen LogP contribution in [0.25, 0.3) is 22.4 Å². The maximum atomic E-state index is 11.8. The number of ether oxygens (including phenoxy) is 4. The van der Waals surface area contributed by atoms with Gasteiger partial charge in [-0.2, -0.15) is 11.3 Å². The van der Waals surface area contributed by atoms with Crippen molar-refractivity contribution in [3.05, 3.63) is 29.5 Å². The van der Waals surface area contributed by atoms with Gasteiger partial charge in [-0.05, 0) is 11.4 Å².